The summed E-state index contributed by atoms with van der Waals surface area (Å²) in [5.41, 5.74) is 11.0. The molecule has 0 aliphatic heterocycles. The maximum Gasteiger partial charge on any atom is 0.253 e. The monoisotopic (exact) mass is 419 g/mol. The van der Waals surface area contributed by atoms with E-state index >= 15 is 0 Å². The number of guanidine groups is 1. The van der Waals surface area contributed by atoms with Crippen LogP contribution in [0, 0.1) is 5.92 Å². The van der Waals surface area contributed by atoms with Crippen LogP contribution in [0.3, 0.4) is 0 Å². The number of amides is 3. The van der Waals surface area contributed by atoms with E-state index < -0.39 is 23.9 Å². The molecule has 10 heteroatoms. The molecule has 1 rings (SSSR count). The van der Waals surface area contributed by atoms with Crippen LogP contribution < -0.4 is 27.4 Å². The third-order valence-corrected chi connectivity index (χ3v) is 4.64. The Bertz CT molecular complexity index is 720. The van der Waals surface area contributed by atoms with E-state index in [1.807, 2.05) is 13.8 Å². The fraction of sp³-hybridized carbons (Fsp3) is 0.550. The zero-order valence-corrected chi connectivity index (χ0v) is 17.9. The van der Waals surface area contributed by atoms with E-state index in [0.29, 0.717) is 37.9 Å². The molecule has 3 amide bonds. The third kappa shape index (κ3) is 8.46. The summed E-state index contributed by atoms with van der Waals surface area (Å²) in [4.78, 5) is 45.7. The van der Waals surface area contributed by atoms with Crippen molar-refractivity contribution in [3.63, 3.8) is 0 Å². The first-order valence-electron chi connectivity index (χ1n) is 10.1. The van der Waals surface area contributed by atoms with Crippen LogP contribution >= 0.6 is 0 Å². The van der Waals surface area contributed by atoms with Gasteiger partial charge in [0.15, 0.2) is 5.96 Å². The Morgan fingerprint density at radius 2 is 1.90 bits per heavy atom. The van der Waals surface area contributed by atoms with Gasteiger partial charge in [0.2, 0.25) is 11.8 Å². The zero-order chi connectivity index (χ0) is 22.5. The van der Waals surface area contributed by atoms with Crippen molar-refractivity contribution in [3.8, 4) is 0 Å². The number of hydrogen-bond donors (Lipinski definition) is 5. The van der Waals surface area contributed by atoms with Crippen molar-refractivity contribution in [1.29, 1.82) is 0 Å². The first-order chi connectivity index (χ1) is 14.3. The summed E-state index contributed by atoms with van der Waals surface area (Å²) in [5, 5.41) is 8.25. The minimum absolute atomic E-state index is 0.0245. The Morgan fingerprint density at radius 3 is 2.47 bits per heavy atom. The molecule has 0 fully saturated rings. The lowest BCUT2D eigenvalue weighted by Gasteiger charge is -2.26. The molecule has 0 unspecified atom stereocenters. The lowest BCUT2D eigenvalue weighted by Crippen LogP contribution is -2.55. The molecule has 10 nitrogen and oxygen atoms in total. The Morgan fingerprint density at radius 1 is 1.17 bits per heavy atom. The predicted molar refractivity (Wildman–Crippen MR) is 115 cm³/mol. The molecule has 0 spiro atoms. The lowest BCUT2D eigenvalue weighted by atomic mass is 9.97. The van der Waals surface area contributed by atoms with Gasteiger partial charge in [-0.2, -0.15) is 0 Å². The van der Waals surface area contributed by atoms with Gasteiger partial charge < -0.3 is 27.4 Å². The molecule has 0 bridgehead atoms. The number of aliphatic imine (C=N–C) groups is 1. The molecule has 0 aliphatic carbocycles. The number of carbonyl (C=O) groups excluding carboxylic acids is 3. The first kappa shape index (κ1) is 24.9. The molecule has 1 aromatic heterocycles. The molecule has 0 aliphatic rings. The highest BCUT2D eigenvalue weighted by Gasteiger charge is 2.29. The number of aromatic nitrogens is 1. The molecule has 0 saturated carbocycles. The van der Waals surface area contributed by atoms with Crippen LogP contribution in [0.15, 0.2) is 29.5 Å². The molecule has 1 heterocycles. The van der Waals surface area contributed by atoms with E-state index in [4.69, 9.17) is 11.5 Å². The average Bonchev–Trinajstić information content (AvgIpc) is 2.73. The minimum Gasteiger partial charge on any atom is -0.370 e. The van der Waals surface area contributed by atoms with Crippen molar-refractivity contribution in [3.05, 3.63) is 30.1 Å². The average molecular weight is 420 g/mol. The minimum atomic E-state index is -0.794. The number of rotatable bonds is 12. The van der Waals surface area contributed by atoms with Gasteiger partial charge in [0.25, 0.3) is 5.91 Å². The van der Waals surface area contributed by atoms with Crippen LogP contribution in [-0.4, -0.2) is 53.8 Å². The summed E-state index contributed by atoms with van der Waals surface area (Å²) in [7, 11) is 0. The topological polar surface area (TPSA) is 165 Å². The number of hydrogen-bond acceptors (Lipinski definition) is 5. The van der Waals surface area contributed by atoms with Gasteiger partial charge in [-0.3, -0.25) is 24.4 Å². The second-order valence-electron chi connectivity index (χ2n) is 6.98. The van der Waals surface area contributed by atoms with Gasteiger partial charge in [-0.05, 0) is 37.8 Å². The predicted octanol–water partition coefficient (Wildman–Crippen LogP) is -0.0994. The number of carbonyl (C=O) groups is 3. The van der Waals surface area contributed by atoms with E-state index in [2.05, 4.69) is 25.9 Å². The Kier molecular flexibility index (Phi) is 10.9. The fourth-order valence-electron chi connectivity index (χ4n) is 2.75. The molecular weight excluding hydrogens is 386 g/mol. The van der Waals surface area contributed by atoms with E-state index in [0.717, 1.165) is 0 Å². The maximum absolute atomic E-state index is 13.0. The van der Waals surface area contributed by atoms with Crippen molar-refractivity contribution in [2.45, 2.75) is 52.1 Å². The second kappa shape index (κ2) is 13.1. The highest BCUT2D eigenvalue weighted by molar-refractivity contribution is 5.98. The number of pyridine rings is 1. The largest absolute Gasteiger partial charge is 0.370 e. The van der Waals surface area contributed by atoms with Crippen molar-refractivity contribution in [1.82, 2.24) is 20.9 Å². The smallest absolute Gasteiger partial charge is 0.253 e. The quantitative estimate of drug-likeness (QED) is 0.180. The van der Waals surface area contributed by atoms with Crippen LogP contribution in [0.25, 0.3) is 0 Å². The Hall–Kier alpha value is -3.17. The van der Waals surface area contributed by atoms with Crippen molar-refractivity contribution < 1.29 is 14.4 Å². The van der Waals surface area contributed by atoms with Gasteiger partial charge in [-0.15, -0.1) is 0 Å². The maximum atomic E-state index is 13.0. The van der Waals surface area contributed by atoms with E-state index in [9.17, 15) is 14.4 Å². The van der Waals surface area contributed by atoms with Crippen molar-refractivity contribution >= 4 is 23.7 Å². The van der Waals surface area contributed by atoms with Gasteiger partial charge >= 0.3 is 0 Å². The Labute approximate surface area is 177 Å². The molecule has 0 saturated heterocycles. The summed E-state index contributed by atoms with van der Waals surface area (Å²) >= 11 is 0. The molecule has 0 radical (unpaired) electrons. The fourth-order valence-corrected chi connectivity index (χ4v) is 2.75. The van der Waals surface area contributed by atoms with Crippen molar-refractivity contribution in [2.24, 2.45) is 22.4 Å². The normalized spacial score (nSPS) is 13.4. The van der Waals surface area contributed by atoms with Gasteiger partial charge in [0, 0.05) is 25.5 Å². The standard InChI is InChI=1S/C20H33N7O3/c1-4-13(3)16(27-17(28)14-8-6-10-23-12-14)19(30)26-15(18(29)24-5-2)9-7-11-25-20(21)22/h6,8,10,12-13,15-16H,4-5,7,9,11H2,1-3H3,(H,24,29)(H,26,30)(H,27,28)(H4,21,22,25)/t13-,15-,16-/m0/s1. The first-order valence-corrected chi connectivity index (χ1v) is 10.1. The van der Waals surface area contributed by atoms with Gasteiger partial charge in [-0.1, -0.05) is 20.3 Å². The van der Waals surface area contributed by atoms with Gasteiger partial charge in [0.05, 0.1) is 5.56 Å². The van der Waals surface area contributed by atoms with Crippen LogP contribution in [0.2, 0.25) is 0 Å². The summed E-state index contributed by atoms with van der Waals surface area (Å²) in [6.07, 6.45) is 4.53. The summed E-state index contributed by atoms with van der Waals surface area (Å²) < 4.78 is 0. The molecule has 7 N–H and O–H groups in total. The summed E-state index contributed by atoms with van der Waals surface area (Å²) in [6, 6.07) is 1.72. The summed E-state index contributed by atoms with van der Waals surface area (Å²) in [6.45, 7) is 6.38. The highest BCUT2D eigenvalue weighted by Crippen LogP contribution is 2.11. The number of nitrogens with one attached hydrogen (secondary N) is 3. The van der Waals surface area contributed by atoms with Gasteiger partial charge in [0.1, 0.15) is 12.1 Å². The molecule has 30 heavy (non-hydrogen) atoms. The number of likely N-dealkylation sites (N-methyl/N-ethyl adjacent to an activating group) is 1. The Balaban J connectivity index is 2.88. The molecular formula is C20H33N7O3. The zero-order valence-electron chi connectivity index (χ0n) is 17.9. The van der Waals surface area contributed by atoms with Crippen LogP contribution in [0.4, 0.5) is 0 Å². The third-order valence-electron chi connectivity index (χ3n) is 4.64. The SMILES string of the molecule is CCNC(=O)[C@H](CCCN=C(N)N)NC(=O)[C@@H](NC(=O)c1cccnc1)[C@@H](C)CC. The van der Waals surface area contributed by atoms with Crippen molar-refractivity contribution in [2.75, 3.05) is 13.1 Å². The van der Waals surface area contributed by atoms with E-state index in [1.165, 1.54) is 6.20 Å². The molecule has 0 aromatic carbocycles. The van der Waals surface area contributed by atoms with Crippen LogP contribution in [0.5, 0.6) is 0 Å². The highest BCUT2D eigenvalue weighted by atomic mass is 16.2. The second-order valence-corrected chi connectivity index (χ2v) is 6.98. The molecule has 1 aromatic rings. The lowest BCUT2D eigenvalue weighted by molar-refractivity contribution is -0.130. The van der Waals surface area contributed by atoms with Gasteiger partial charge in [-0.25, -0.2) is 0 Å². The van der Waals surface area contributed by atoms with Crippen LogP contribution in [0.1, 0.15) is 50.4 Å². The number of nitrogens with two attached hydrogens (primary N) is 2. The molecule has 3 atom stereocenters. The van der Waals surface area contributed by atoms with E-state index in [1.54, 1.807) is 25.3 Å². The number of nitrogens with zero attached hydrogens (tertiary/aromatic N) is 2. The van der Waals surface area contributed by atoms with E-state index in [-0.39, 0.29) is 17.8 Å². The summed E-state index contributed by atoms with van der Waals surface area (Å²) in [5.74, 6) is -1.27. The van der Waals surface area contributed by atoms with Crippen LogP contribution in [-0.2, 0) is 9.59 Å². The molecule has 166 valence electrons.